The minimum atomic E-state index is -0.193. The summed E-state index contributed by atoms with van der Waals surface area (Å²) in [6, 6.07) is 14.9. The van der Waals surface area contributed by atoms with Crippen molar-refractivity contribution in [3.05, 3.63) is 71.3 Å². The minimum Gasteiger partial charge on any atom is -0.486 e. The second-order valence-corrected chi connectivity index (χ2v) is 6.75. The monoisotopic (exact) mass is 371 g/mol. The first-order valence-electron chi connectivity index (χ1n) is 8.71. The summed E-state index contributed by atoms with van der Waals surface area (Å²) in [5.41, 5.74) is 1.94. The van der Waals surface area contributed by atoms with Gasteiger partial charge in [-0.15, -0.1) is 10.2 Å². The van der Waals surface area contributed by atoms with Crippen LogP contribution in [0.2, 0.25) is 0 Å². The lowest BCUT2D eigenvalue weighted by Crippen LogP contribution is -2.07. The van der Waals surface area contributed by atoms with E-state index in [0.29, 0.717) is 17.9 Å². The molecule has 136 valence electrons. The zero-order valence-corrected chi connectivity index (χ0v) is 15.8. The summed E-state index contributed by atoms with van der Waals surface area (Å²) in [5.74, 6) is 1.91. The first-order chi connectivity index (χ1) is 12.7. The molecule has 0 spiro atoms. The number of ether oxygens (including phenoxy) is 1. The van der Waals surface area contributed by atoms with Crippen LogP contribution in [0.15, 0.2) is 53.7 Å². The Morgan fingerprint density at radius 2 is 1.81 bits per heavy atom. The van der Waals surface area contributed by atoms with Gasteiger partial charge in [-0.25, -0.2) is 4.39 Å². The van der Waals surface area contributed by atoms with E-state index >= 15 is 0 Å². The molecule has 0 radical (unpaired) electrons. The van der Waals surface area contributed by atoms with E-state index in [9.17, 15) is 4.39 Å². The maximum Gasteiger partial charge on any atom is 0.191 e. The molecule has 0 aliphatic heterocycles. The van der Waals surface area contributed by atoms with Crippen molar-refractivity contribution >= 4 is 11.8 Å². The zero-order chi connectivity index (χ0) is 18.4. The van der Waals surface area contributed by atoms with Gasteiger partial charge in [-0.1, -0.05) is 49.0 Å². The normalized spacial score (nSPS) is 10.9. The third-order valence-corrected chi connectivity index (χ3v) is 5.14. The summed E-state index contributed by atoms with van der Waals surface area (Å²) in [7, 11) is 0. The number of halogens is 1. The van der Waals surface area contributed by atoms with Crippen LogP contribution in [0.1, 0.15) is 30.8 Å². The van der Waals surface area contributed by atoms with Crippen molar-refractivity contribution in [3.8, 4) is 5.75 Å². The Balaban J connectivity index is 1.64. The molecule has 3 aromatic rings. The number of thioether (sulfide) groups is 1. The van der Waals surface area contributed by atoms with Gasteiger partial charge < -0.3 is 9.30 Å². The highest BCUT2D eigenvalue weighted by Crippen LogP contribution is 2.24. The van der Waals surface area contributed by atoms with Crippen molar-refractivity contribution in [2.75, 3.05) is 0 Å². The van der Waals surface area contributed by atoms with E-state index in [0.717, 1.165) is 29.7 Å². The second kappa shape index (κ2) is 8.85. The molecule has 1 heterocycles. The molecule has 0 saturated heterocycles. The molecule has 4 nitrogen and oxygen atoms in total. The van der Waals surface area contributed by atoms with Gasteiger partial charge in [-0.3, -0.25) is 0 Å². The fourth-order valence-electron chi connectivity index (χ4n) is 2.58. The molecule has 26 heavy (non-hydrogen) atoms. The van der Waals surface area contributed by atoms with Crippen LogP contribution in [0.5, 0.6) is 5.75 Å². The summed E-state index contributed by atoms with van der Waals surface area (Å²) in [4.78, 5) is 0. The van der Waals surface area contributed by atoms with Crippen molar-refractivity contribution in [2.45, 2.75) is 44.3 Å². The third kappa shape index (κ3) is 4.43. The van der Waals surface area contributed by atoms with E-state index in [-0.39, 0.29) is 5.82 Å². The Kier molecular flexibility index (Phi) is 6.28. The van der Waals surface area contributed by atoms with Gasteiger partial charge in [0.05, 0.1) is 0 Å². The number of aromatic nitrogens is 3. The van der Waals surface area contributed by atoms with E-state index in [1.54, 1.807) is 12.1 Å². The summed E-state index contributed by atoms with van der Waals surface area (Å²) in [5, 5.41) is 9.26. The first-order valence-corrected chi connectivity index (χ1v) is 9.69. The maximum atomic E-state index is 13.8. The van der Waals surface area contributed by atoms with E-state index in [1.807, 2.05) is 29.7 Å². The fourth-order valence-corrected chi connectivity index (χ4v) is 3.58. The molecule has 0 saturated carbocycles. The van der Waals surface area contributed by atoms with E-state index in [2.05, 4.69) is 29.3 Å². The molecule has 6 heteroatoms. The average Bonchev–Trinajstić information content (AvgIpc) is 3.08. The van der Waals surface area contributed by atoms with Gasteiger partial charge >= 0.3 is 0 Å². The summed E-state index contributed by atoms with van der Waals surface area (Å²) in [6.45, 7) is 5.25. The Morgan fingerprint density at radius 1 is 1.04 bits per heavy atom. The predicted octanol–water partition coefficient (Wildman–Crippen LogP) is 4.87. The van der Waals surface area contributed by atoms with Crippen molar-refractivity contribution in [1.82, 2.24) is 14.8 Å². The van der Waals surface area contributed by atoms with E-state index in [4.69, 9.17) is 4.74 Å². The van der Waals surface area contributed by atoms with Crippen LogP contribution in [-0.4, -0.2) is 14.8 Å². The van der Waals surface area contributed by atoms with Gasteiger partial charge in [0, 0.05) is 12.3 Å². The van der Waals surface area contributed by atoms with Crippen molar-refractivity contribution in [1.29, 1.82) is 0 Å². The van der Waals surface area contributed by atoms with Crippen LogP contribution in [0.3, 0.4) is 0 Å². The van der Waals surface area contributed by atoms with E-state index in [1.165, 1.54) is 23.4 Å². The van der Waals surface area contributed by atoms with Gasteiger partial charge in [-0.2, -0.15) is 0 Å². The standard InChI is InChI=1S/C20H22FN3OS/c1-3-15-9-11-17(12-10-15)25-13-19-22-23-20(24(19)4-2)26-14-16-7-5-6-8-18(16)21/h5-12H,3-4,13-14H2,1-2H3. The summed E-state index contributed by atoms with van der Waals surface area (Å²) in [6.07, 6.45) is 1.01. The molecular weight excluding hydrogens is 349 g/mol. The molecule has 0 aliphatic rings. The van der Waals surface area contributed by atoms with Crippen LogP contribution in [0.25, 0.3) is 0 Å². The highest BCUT2D eigenvalue weighted by molar-refractivity contribution is 7.98. The molecular formula is C20H22FN3OS. The second-order valence-electron chi connectivity index (χ2n) is 5.81. The number of rotatable bonds is 8. The van der Waals surface area contributed by atoms with Crippen LogP contribution >= 0.6 is 11.8 Å². The number of hydrogen-bond acceptors (Lipinski definition) is 4. The average molecular weight is 371 g/mol. The largest absolute Gasteiger partial charge is 0.486 e. The summed E-state index contributed by atoms with van der Waals surface area (Å²) >= 11 is 1.48. The Bertz CT molecular complexity index is 849. The van der Waals surface area contributed by atoms with Crippen molar-refractivity contribution in [3.63, 3.8) is 0 Å². The molecule has 1 aromatic heterocycles. The lowest BCUT2D eigenvalue weighted by Gasteiger charge is -2.09. The van der Waals surface area contributed by atoms with Gasteiger partial charge in [0.2, 0.25) is 0 Å². The highest BCUT2D eigenvalue weighted by Gasteiger charge is 2.13. The fraction of sp³-hybridized carbons (Fsp3) is 0.300. The summed E-state index contributed by atoms with van der Waals surface area (Å²) < 4.78 is 21.6. The number of hydrogen-bond donors (Lipinski definition) is 0. The zero-order valence-electron chi connectivity index (χ0n) is 15.0. The van der Waals surface area contributed by atoms with Crippen LogP contribution < -0.4 is 4.74 Å². The molecule has 2 aromatic carbocycles. The minimum absolute atomic E-state index is 0.193. The molecule has 0 amide bonds. The molecule has 0 aliphatic carbocycles. The predicted molar refractivity (Wildman–Crippen MR) is 102 cm³/mol. The molecule has 3 rings (SSSR count). The first kappa shape index (κ1) is 18.5. The van der Waals surface area contributed by atoms with Crippen LogP contribution in [0, 0.1) is 5.82 Å². The van der Waals surface area contributed by atoms with Gasteiger partial charge in [-0.05, 0) is 42.7 Å². The molecule has 0 N–H and O–H groups in total. The van der Waals surface area contributed by atoms with Crippen molar-refractivity contribution in [2.24, 2.45) is 0 Å². The van der Waals surface area contributed by atoms with E-state index < -0.39 is 0 Å². The van der Waals surface area contributed by atoms with Crippen LogP contribution in [0.4, 0.5) is 4.39 Å². The third-order valence-electron chi connectivity index (χ3n) is 4.12. The van der Waals surface area contributed by atoms with Gasteiger partial charge in [0.15, 0.2) is 11.0 Å². The smallest absolute Gasteiger partial charge is 0.191 e. The quantitative estimate of drug-likeness (QED) is 0.530. The maximum absolute atomic E-state index is 13.8. The number of nitrogens with zero attached hydrogens (tertiary/aromatic N) is 3. The molecule has 0 unspecified atom stereocenters. The lowest BCUT2D eigenvalue weighted by atomic mass is 10.2. The van der Waals surface area contributed by atoms with Crippen LogP contribution in [-0.2, 0) is 25.3 Å². The van der Waals surface area contributed by atoms with Gasteiger partial charge in [0.25, 0.3) is 0 Å². The Morgan fingerprint density at radius 3 is 2.50 bits per heavy atom. The lowest BCUT2D eigenvalue weighted by molar-refractivity contribution is 0.288. The SMILES string of the molecule is CCc1ccc(OCc2nnc(SCc3ccccc3F)n2CC)cc1. The number of benzene rings is 2. The molecule has 0 bridgehead atoms. The Hall–Kier alpha value is -2.34. The number of aryl methyl sites for hydroxylation is 1. The molecule has 0 atom stereocenters. The van der Waals surface area contributed by atoms with Gasteiger partial charge in [0.1, 0.15) is 18.2 Å². The molecule has 0 fully saturated rings. The Labute approximate surface area is 157 Å². The highest BCUT2D eigenvalue weighted by atomic mass is 32.2. The van der Waals surface area contributed by atoms with Crippen molar-refractivity contribution < 1.29 is 9.13 Å². The topological polar surface area (TPSA) is 39.9 Å².